The van der Waals surface area contributed by atoms with Crippen LogP contribution in [-0.2, 0) is 16.1 Å². The number of rotatable bonds is 6. The van der Waals surface area contributed by atoms with Gasteiger partial charge in [0.05, 0.1) is 0 Å². The fourth-order valence-electron chi connectivity index (χ4n) is 4.74. The maximum Gasteiger partial charge on any atom is 0.247 e. The summed E-state index contributed by atoms with van der Waals surface area (Å²) >= 11 is 11.7. The molecule has 2 aliphatic rings. The van der Waals surface area contributed by atoms with E-state index in [1.54, 1.807) is 30.4 Å². The van der Waals surface area contributed by atoms with Crippen LogP contribution in [0.3, 0.4) is 0 Å². The van der Waals surface area contributed by atoms with Gasteiger partial charge in [-0.15, -0.1) is 11.6 Å². The zero-order valence-electron chi connectivity index (χ0n) is 18.1. The van der Waals surface area contributed by atoms with E-state index in [0.717, 1.165) is 44.5 Å². The van der Waals surface area contributed by atoms with E-state index < -0.39 is 0 Å². The van der Waals surface area contributed by atoms with Gasteiger partial charge in [0.2, 0.25) is 11.8 Å². The van der Waals surface area contributed by atoms with Gasteiger partial charge in [-0.25, -0.2) is 4.39 Å². The molecular weight excluding hydrogens is 464 g/mol. The molecule has 4 rings (SSSR count). The van der Waals surface area contributed by atoms with Gasteiger partial charge >= 0.3 is 0 Å². The van der Waals surface area contributed by atoms with E-state index >= 15 is 0 Å². The summed E-state index contributed by atoms with van der Waals surface area (Å²) in [5.41, 5.74) is 2.27. The molecule has 2 fully saturated rings. The molecule has 2 aromatic carbocycles. The number of carbonyl (C=O) groups excluding carboxylic acids is 2. The Balaban J connectivity index is 1.45. The van der Waals surface area contributed by atoms with E-state index in [2.05, 4.69) is 10.2 Å². The van der Waals surface area contributed by atoms with Gasteiger partial charge in [0.25, 0.3) is 0 Å². The second-order valence-corrected chi connectivity index (χ2v) is 9.26. The second kappa shape index (κ2) is 10.7. The number of carbonyl (C=O) groups is 2. The van der Waals surface area contributed by atoms with Gasteiger partial charge in [-0.2, -0.15) is 0 Å². The zero-order valence-corrected chi connectivity index (χ0v) is 19.7. The first-order valence-corrected chi connectivity index (χ1v) is 12.0. The Morgan fingerprint density at radius 1 is 1.09 bits per heavy atom. The molecule has 174 valence electrons. The highest BCUT2D eigenvalue weighted by Gasteiger charge is 2.39. The molecule has 2 saturated heterocycles. The predicted molar refractivity (Wildman–Crippen MR) is 130 cm³/mol. The summed E-state index contributed by atoms with van der Waals surface area (Å²) in [6.45, 7) is 2.34. The summed E-state index contributed by atoms with van der Waals surface area (Å²) in [6, 6.07) is 12.0. The molecule has 0 aromatic heterocycles. The number of nitrogens with one attached hydrogen (secondary N) is 1. The predicted octanol–water partition coefficient (Wildman–Crippen LogP) is 4.94. The number of halogens is 3. The third kappa shape index (κ3) is 5.94. The number of likely N-dealkylation sites (tertiary alicyclic amines) is 1. The van der Waals surface area contributed by atoms with Crippen LogP contribution in [0.2, 0.25) is 5.02 Å². The summed E-state index contributed by atoms with van der Waals surface area (Å²) < 4.78 is 13.2. The van der Waals surface area contributed by atoms with Crippen molar-refractivity contribution in [3.8, 4) is 0 Å². The summed E-state index contributed by atoms with van der Waals surface area (Å²) in [4.78, 5) is 29.3. The molecule has 0 radical (unpaired) electrons. The maximum absolute atomic E-state index is 13.2. The Hall–Kier alpha value is -2.41. The molecule has 2 aromatic rings. The molecule has 5 nitrogen and oxygen atoms in total. The van der Waals surface area contributed by atoms with Crippen LogP contribution in [0.15, 0.2) is 48.5 Å². The molecule has 33 heavy (non-hydrogen) atoms. The summed E-state index contributed by atoms with van der Waals surface area (Å²) in [5, 5.41) is 3.20. The lowest BCUT2D eigenvalue weighted by molar-refractivity contribution is -0.137. The number of amides is 2. The SMILES string of the molecule is O=C(CCl)Nc1cc(Cl)ccc1C=CC(=O)N1C2CCCC1CN(Cc1ccc(F)cc1)C2. The lowest BCUT2D eigenvalue weighted by Gasteiger charge is -2.50. The molecule has 2 amide bonds. The largest absolute Gasteiger partial charge is 0.331 e. The average Bonchev–Trinajstić information content (AvgIpc) is 2.79. The van der Waals surface area contributed by atoms with Gasteiger partial charge in [0.1, 0.15) is 11.7 Å². The number of alkyl halides is 1. The minimum atomic E-state index is -0.341. The summed E-state index contributed by atoms with van der Waals surface area (Å²) in [6.07, 6.45) is 6.32. The minimum Gasteiger partial charge on any atom is -0.331 e. The van der Waals surface area contributed by atoms with Crippen LogP contribution >= 0.6 is 23.2 Å². The highest BCUT2D eigenvalue weighted by atomic mass is 35.5. The third-order valence-electron chi connectivity index (χ3n) is 6.19. The Bertz CT molecular complexity index is 1030. The molecule has 2 unspecified atom stereocenters. The van der Waals surface area contributed by atoms with Crippen LogP contribution in [-0.4, -0.2) is 52.7 Å². The highest BCUT2D eigenvalue weighted by molar-refractivity contribution is 6.31. The third-order valence-corrected chi connectivity index (χ3v) is 6.67. The molecule has 2 aliphatic heterocycles. The molecule has 8 heteroatoms. The number of benzene rings is 2. The van der Waals surface area contributed by atoms with Crippen LogP contribution in [0.1, 0.15) is 30.4 Å². The van der Waals surface area contributed by atoms with Crippen molar-refractivity contribution in [3.63, 3.8) is 0 Å². The Labute approximate surface area is 203 Å². The fourth-order valence-corrected chi connectivity index (χ4v) is 4.98. The fraction of sp³-hybridized carbons (Fsp3) is 0.360. The van der Waals surface area contributed by atoms with Gasteiger partial charge in [0, 0.05) is 48.5 Å². The Morgan fingerprint density at radius 3 is 2.45 bits per heavy atom. The minimum absolute atomic E-state index is 0.0318. The van der Waals surface area contributed by atoms with E-state index in [4.69, 9.17) is 23.2 Å². The normalized spacial score (nSPS) is 20.8. The number of piperidine rings is 1. The second-order valence-electron chi connectivity index (χ2n) is 8.55. The van der Waals surface area contributed by atoms with Gasteiger partial charge < -0.3 is 10.2 Å². The van der Waals surface area contributed by atoms with Crippen molar-refractivity contribution in [2.45, 2.75) is 37.9 Å². The van der Waals surface area contributed by atoms with Crippen molar-refractivity contribution < 1.29 is 14.0 Å². The smallest absolute Gasteiger partial charge is 0.247 e. The molecule has 2 bridgehead atoms. The van der Waals surface area contributed by atoms with Gasteiger partial charge in [-0.1, -0.05) is 29.8 Å². The number of hydrogen-bond acceptors (Lipinski definition) is 3. The lowest BCUT2D eigenvalue weighted by atomic mass is 9.90. The van der Waals surface area contributed by atoms with Crippen molar-refractivity contribution in [1.29, 1.82) is 0 Å². The van der Waals surface area contributed by atoms with Gasteiger partial charge in [-0.3, -0.25) is 14.5 Å². The Morgan fingerprint density at radius 2 is 1.79 bits per heavy atom. The standard InChI is InChI=1S/C25H26Cl2FN3O2/c26-13-24(32)29-23-12-19(27)8-6-18(23)7-11-25(33)31-21-2-1-3-22(31)16-30(15-21)14-17-4-9-20(28)10-5-17/h4-12,21-22H,1-3,13-16H2,(H,29,32). The Kier molecular flexibility index (Phi) is 7.68. The maximum atomic E-state index is 13.2. The number of fused-ring (bicyclic) bond motifs is 2. The molecular formula is C25H26Cl2FN3O2. The molecule has 0 aliphatic carbocycles. The van der Waals surface area contributed by atoms with Crippen LogP contribution in [0.4, 0.5) is 10.1 Å². The molecule has 0 spiro atoms. The van der Waals surface area contributed by atoms with E-state index in [1.165, 1.54) is 12.1 Å². The zero-order chi connectivity index (χ0) is 23.4. The van der Waals surface area contributed by atoms with Crippen molar-refractivity contribution in [1.82, 2.24) is 9.80 Å². The monoisotopic (exact) mass is 489 g/mol. The van der Waals surface area contributed by atoms with E-state index in [1.807, 2.05) is 17.0 Å². The van der Waals surface area contributed by atoms with Crippen molar-refractivity contribution in [3.05, 3.63) is 70.5 Å². The number of piperazine rings is 1. The van der Waals surface area contributed by atoms with Crippen LogP contribution in [0.5, 0.6) is 0 Å². The number of nitrogens with zero attached hydrogens (tertiary/aromatic N) is 2. The first-order valence-electron chi connectivity index (χ1n) is 11.1. The van der Waals surface area contributed by atoms with Crippen LogP contribution in [0, 0.1) is 5.82 Å². The van der Waals surface area contributed by atoms with Crippen molar-refractivity contribution in [2.75, 3.05) is 24.3 Å². The first kappa shape index (κ1) is 23.7. The highest BCUT2D eigenvalue weighted by Crippen LogP contribution is 2.30. The average molecular weight is 490 g/mol. The molecule has 2 heterocycles. The lowest BCUT2D eigenvalue weighted by Crippen LogP contribution is -2.61. The quantitative estimate of drug-likeness (QED) is 0.462. The first-order chi connectivity index (χ1) is 15.9. The van der Waals surface area contributed by atoms with Gasteiger partial charge in [-0.05, 0) is 60.7 Å². The van der Waals surface area contributed by atoms with E-state index in [-0.39, 0.29) is 35.6 Å². The van der Waals surface area contributed by atoms with E-state index in [0.29, 0.717) is 16.3 Å². The summed E-state index contributed by atoms with van der Waals surface area (Å²) in [7, 11) is 0. The van der Waals surface area contributed by atoms with Crippen LogP contribution < -0.4 is 5.32 Å². The van der Waals surface area contributed by atoms with Crippen molar-refractivity contribution in [2.24, 2.45) is 0 Å². The molecule has 1 N–H and O–H groups in total. The van der Waals surface area contributed by atoms with Crippen LogP contribution in [0.25, 0.3) is 6.08 Å². The molecule has 2 atom stereocenters. The topological polar surface area (TPSA) is 52.7 Å². The van der Waals surface area contributed by atoms with Gasteiger partial charge in [0.15, 0.2) is 0 Å². The van der Waals surface area contributed by atoms with E-state index in [9.17, 15) is 14.0 Å². The molecule has 0 saturated carbocycles. The van der Waals surface area contributed by atoms with Crippen molar-refractivity contribution >= 4 is 46.8 Å². The number of hydrogen-bond donors (Lipinski definition) is 1. The number of anilines is 1. The summed E-state index contributed by atoms with van der Waals surface area (Å²) in [5.74, 6) is -0.772.